The van der Waals surface area contributed by atoms with E-state index in [1.54, 1.807) is 6.07 Å². The molecule has 0 spiro atoms. The summed E-state index contributed by atoms with van der Waals surface area (Å²) in [6.45, 7) is 0. The van der Waals surface area contributed by atoms with Gasteiger partial charge >= 0.3 is 0 Å². The van der Waals surface area contributed by atoms with E-state index in [-0.39, 0.29) is 17.0 Å². The van der Waals surface area contributed by atoms with Crippen molar-refractivity contribution in [1.82, 2.24) is 14.8 Å². The average Bonchev–Trinajstić information content (AvgIpc) is 3.07. The lowest BCUT2D eigenvalue weighted by Gasteiger charge is -2.09. The molecule has 0 atom stereocenters. The molecule has 0 bridgehead atoms. The van der Waals surface area contributed by atoms with Crippen molar-refractivity contribution in [2.75, 3.05) is 0 Å². The first-order valence-corrected chi connectivity index (χ1v) is 8.43. The summed E-state index contributed by atoms with van der Waals surface area (Å²) in [6.07, 6.45) is 1.71. The fraction of sp³-hybridized carbons (Fsp3) is 0.273. The minimum atomic E-state index is -3.93. The molecule has 3 rings (SSSR count). The molecule has 9 heteroatoms. The second-order valence-corrected chi connectivity index (χ2v) is 7.19. The zero-order valence-corrected chi connectivity index (χ0v) is 13.1. The molecular weight excluding hydrogens is 398 g/mol. The van der Waals surface area contributed by atoms with Crippen LogP contribution >= 0.6 is 22.6 Å². The van der Waals surface area contributed by atoms with E-state index in [1.165, 1.54) is 16.7 Å². The third-order valence-corrected chi connectivity index (χ3v) is 4.68. The Kier molecular flexibility index (Phi) is 3.29. The number of halogens is 2. The van der Waals surface area contributed by atoms with E-state index in [4.69, 9.17) is 5.14 Å². The Morgan fingerprint density at radius 1 is 1.35 bits per heavy atom. The topological polar surface area (TPSA) is 90.9 Å². The third-order valence-electron chi connectivity index (χ3n) is 3.00. The standard InChI is InChI=1S/C11H10FIN4O2S/c12-6-1-4-8(9(13)5-6)10-15-16-11(20(14,18)19)17(10)7-2-3-7/h1,4-5,7H,2-3H2,(H2,14,18,19). The van der Waals surface area contributed by atoms with E-state index in [1.807, 2.05) is 22.6 Å². The average molecular weight is 408 g/mol. The predicted octanol–water partition coefficient (Wildman–Crippen LogP) is 1.67. The Bertz CT molecular complexity index is 786. The molecule has 1 aliphatic rings. The van der Waals surface area contributed by atoms with Crippen LogP contribution < -0.4 is 5.14 Å². The second-order valence-electron chi connectivity index (χ2n) is 4.58. The summed E-state index contributed by atoms with van der Waals surface area (Å²) in [5, 5.41) is 12.5. The highest BCUT2D eigenvalue weighted by molar-refractivity contribution is 14.1. The summed E-state index contributed by atoms with van der Waals surface area (Å²) in [6, 6.07) is 4.26. The van der Waals surface area contributed by atoms with Crippen LogP contribution in [0.3, 0.4) is 0 Å². The molecular formula is C11H10FIN4O2S. The molecule has 20 heavy (non-hydrogen) atoms. The molecule has 1 saturated carbocycles. The maximum atomic E-state index is 13.2. The molecule has 0 radical (unpaired) electrons. The van der Waals surface area contributed by atoms with Crippen LogP contribution in [0.15, 0.2) is 23.4 Å². The predicted molar refractivity (Wildman–Crippen MR) is 77.8 cm³/mol. The number of nitrogens with zero attached hydrogens (tertiary/aromatic N) is 3. The molecule has 1 heterocycles. The molecule has 0 amide bonds. The van der Waals surface area contributed by atoms with Crippen molar-refractivity contribution in [3.8, 4) is 11.4 Å². The molecule has 2 aromatic rings. The van der Waals surface area contributed by atoms with Crippen molar-refractivity contribution in [2.24, 2.45) is 5.14 Å². The van der Waals surface area contributed by atoms with E-state index in [9.17, 15) is 12.8 Å². The normalized spacial score (nSPS) is 15.6. The lowest BCUT2D eigenvalue weighted by Crippen LogP contribution is -2.18. The van der Waals surface area contributed by atoms with Gasteiger partial charge in [-0.1, -0.05) is 0 Å². The lowest BCUT2D eigenvalue weighted by molar-refractivity contribution is 0.567. The van der Waals surface area contributed by atoms with Gasteiger partial charge in [0, 0.05) is 15.2 Å². The van der Waals surface area contributed by atoms with Crippen molar-refractivity contribution in [3.63, 3.8) is 0 Å². The molecule has 1 fully saturated rings. The quantitative estimate of drug-likeness (QED) is 0.783. The van der Waals surface area contributed by atoms with E-state index in [0.717, 1.165) is 12.8 Å². The van der Waals surface area contributed by atoms with Crippen molar-refractivity contribution in [2.45, 2.75) is 24.0 Å². The molecule has 106 valence electrons. The molecule has 1 aromatic carbocycles. The molecule has 0 saturated heterocycles. The summed E-state index contributed by atoms with van der Waals surface area (Å²) in [7, 11) is -3.93. The Balaban J connectivity index is 2.22. The van der Waals surface area contributed by atoms with Gasteiger partial charge in [0.15, 0.2) is 5.82 Å². The molecule has 6 nitrogen and oxygen atoms in total. The van der Waals surface area contributed by atoms with E-state index in [0.29, 0.717) is 15.0 Å². The highest BCUT2D eigenvalue weighted by atomic mass is 127. The monoisotopic (exact) mass is 408 g/mol. The number of aromatic nitrogens is 3. The molecule has 1 aromatic heterocycles. The van der Waals surface area contributed by atoms with Crippen LogP contribution in [-0.4, -0.2) is 23.2 Å². The van der Waals surface area contributed by atoms with Crippen LogP contribution in [0.2, 0.25) is 0 Å². The van der Waals surface area contributed by atoms with Crippen LogP contribution in [0, 0.1) is 9.39 Å². The van der Waals surface area contributed by atoms with Gasteiger partial charge in [0.25, 0.3) is 15.2 Å². The Morgan fingerprint density at radius 3 is 2.60 bits per heavy atom. The van der Waals surface area contributed by atoms with Crippen molar-refractivity contribution >= 4 is 32.6 Å². The molecule has 0 aliphatic heterocycles. The number of rotatable bonds is 3. The zero-order valence-electron chi connectivity index (χ0n) is 10.1. The van der Waals surface area contributed by atoms with Crippen LogP contribution in [0.5, 0.6) is 0 Å². The van der Waals surface area contributed by atoms with Crippen molar-refractivity contribution < 1.29 is 12.8 Å². The summed E-state index contributed by atoms with van der Waals surface area (Å²) in [5.74, 6) is 0.0447. The van der Waals surface area contributed by atoms with Gasteiger partial charge in [0.1, 0.15) is 5.82 Å². The van der Waals surface area contributed by atoms with Gasteiger partial charge in [0.05, 0.1) is 0 Å². The SMILES string of the molecule is NS(=O)(=O)c1nnc(-c2ccc(F)cc2I)n1C1CC1. The number of sulfonamides is 1. The van der Waals surface area contributed by atoms with E-state index >= 15 is 0 Å². The number of hydrogen-bond donors (Lipinski definition) is 1. The van der Waals surface area contributed by atoms with Gasteiger partial charge in [-0.3, -0.25) is 4.57 Å². The van der Waals surface area contributed by atoms with Gasteiger partial charge in [0.2, 0.25) is 0 Å². The summed E-state index contributed by atoms with van der Waals surface area (Å²) >= 11 is 1.98. The molecule has 1 aliphatic carbocycles. The molecule has 2 N–H and O–H groups in total. The fourth-order valence-corrected chi connectivity index (χ4v) is 3.37. The maximum absolute atomic E-state index is 13.2. The zero-order chi connectivity index (χ0) is 14.5. The van der Waals surface area contributed by atoms with Gasteiger partial charge in [-0.15, -0.1) is 10.2 Å². The van der Waals surface area contributed by atoms with Gasteiger partial charge in [-0.05, 0) is 53.6 Å². The highest BCUT2D eigenvalue weighted by Crippen LogP contribution is 2.40. The van der Waals surface area contributed by atoms with E-state index in [2.05, 4.69) is 10.2 Å². The smallest absolute Gasteiger partial charge is 0.273 e. The third kappa shape index (κ3) is 2.44. The first-order chi connectivity index (χ1) is 9.38. The van der Waals surface area contributed by atoms with Crippen LogP contribution in [-0.2, 0) is 10.0 Å². The Labute approximate surface area is 128 Å². The fourth-order valence-electron chi connectivity index (χ4n) is 1.99. The van der Waals surface area contributed by atoms with Crippen LogP contribution in [0.4, 0.5) is 4.39 Å². The first kappa shape index (κ1) is 13.9. The Morgan fingerprint density at radius 2 is 2.05 bits per heavy atom. The molecule has 0 unspecified atom stereocenters. The number of nitrogens with two attached hydrogens (primary N) is 1. The van der Waals surface area contributed by atoms with Crippen LogP contribution in [0.25, 0.3) is 11.4 Å². The summed E-state index contributed by atoms with van der Waals surface area (Å²) in [4.78, 5) is 0. The summed E-state index contributed by atoms with van der Waals surface area (Å²) in [5.41, 5.74) is 0.640. The number of hydrogen-bond acceptors (Lipinski definition) is 4. The first-order valence-electron chi connectivity index (χ1n) is 5.81. The highest BCUT2D eigenvalue weighted by Gasteiger charge is 2.33. The summed E-state index contributed by atoms with van der Waals surface area (Å²) < 4.78 is 38.5. The van der Waals surface area contributed by atoms with Crippen molar-refractivity contribution in [3.05, 3.63) is 27.6 Å². The second kappa shape index (κ2) is 4.74. The number of benzene rings is 1. The van der Waals surface area contributed by atoms with Gasteiger partial charge < -0.3 is 0 Å². The minimum Gasteiger partial charge on any atom is -0.294 e. The van der Waals surface area contributed by atoms with Crippen LogP contribution in [0.1, 0.15) is 18.9 Å². The van der Waals surface area contributed by atoms with Crippen molar-refractivity contribution in [1.29, 1.82) is 0 Å². The largest absolute Gasteiger partial charge is 0.294 e. The lowest BCUT2D eigenvalue weighted by atomic mass is 10.2. The Hall–Kier alpha value is -1.07. The maximum Gasteiger partial charge on any atom is 0.273 e. The van der Waals surface area contributed by atoms with Gasteiger partial charge in [-0.2, -0.15) is 0 Å². The minimum absolute atomic E-state index is 0.0363. The number of primary sulfonamides is 1. The van der Waals surface area contributed by atoms with Gasteiger partial charge in [-0.25, -0.2) is 17.9 Å². The van der Waals surface area contributed by atoms with E-state index < -0.39 is 10.0 Å².